The normalized spacial score (nSPS) is 27.5. The Morgan fingerprint density at radius 1 is 1.22 bits per heavy atom. The van der Waals surface area contributed by atoms with Crippen LogP contribution in [-0.2, 0) is 18.4 Å². The van der Waals surface area contributed by atoms with Gasteiger partial charge in [0.25, 0.3) is 0 Å². The molecule has 0 amide bonds. The molecule has 0 spiro atoms. The van der Waals surface area contributed by atoms with Crippen molar-refractivity contribution >= 4 is 16.9 Å². The predicted octanol–water partition coefficient (Wildman–Crippen LogP) is 3.23. The van der Waals surface area contributed by atoms with Gasteiger partial charge >= 0.3 is 0 Å². The molecule has 1 aliphatic heterocycles. The molecule has 1 aromatic carbocycles. The summed E-state index contributed by atoms with van der Waals surface area (Å²) in [6.45, 7) is 2.21. The lowest BCUT2D eigenvalue weighted by molar-refractivity contribution is 0.480. The van der Waals surface area contributed by atoms with E-state index in [0.717, 1.165) is 17.3 Å². The van der Waals surface area contributed by atoms with E-state index in [0.29, 0.717) is 0 Å². The fraction of sp³-hybridized carbons (Fsp3) is 0.533. The van der Waals surface area contributed by atoms with E-state index in [-0.39, 0.29) is 5.54 Å². The summed E-state index contributed by atoms with van der Waals surface area (Å²) in [6.07, 6.45) is 6.22. The van der Waals surface area contributed by atoms with Crippen molar-refractivity contribution in [3.05, 3.63) is 34.9 Å². The number of fused-ring (bicyclic) bond motifs is 1. The Balaban J connectivity index is 1.99. The van der Waals surface area contributed by atoms with E-state index in [1.165, 1.54) is 42.4 Å². The molecule has 0 radical (unpaired) electrons. The van der Waals surface area contributed by atoms with Gasteiger partial charge in [-0.1, -0.05) is 30.0 Å². The second-order valence-corrected chi connectivity index (χ2v) is 6.63. The first-order chi connectivity index (χ1) is 8.67. The molecule has 1 atom stereocenters. The topological polar surface area (TPSA) is 38.4 Å². The molecule has 3 heteroatoms. The van der Waals surface area contributed by atoms with Crippen molar-refractivity contribution in [1.82, 2.24) is 0 Å². The average Bonchev–Trinajstić information content (AvgIpc) is 2.38. The number of aliphatic imine (C=N–C) groups is 1. The summed E-state index contributed by atoms with van der Waals surface area (Å²) in [5.74, 6) is 1.07. The first-order valence-corrected chi connectivity index (χ1v) is 7.76. The van der Waals surface area contributed by atoms with E-state index in [4.69, 9.17) is 10.7 Å². The lowest BCUT2D eigenvalue weighted by atomic mass is 9.84. The second kappa shape index (κ2) is 4.61. The van der Waals surface area contributed by atoms with Crippen LogP contribution in [-0.4, -0.2) is 10.9 Å². The Kier molecular flexibility index (Phi) is 3.10. The van der Waals surface area contributed by atoms with E-state index in [9.17, 15) is 0 Å². The molecule has 1 unspecified atom stereocenters. The van der Waals surface area contributed by atoms with Crippen molar-refractivity contribution in [3.8, 4) is 0 Å². The molecule has 18 heavy (non-hydrogen) atoms. The molecule has 0 bridgehead atoms. The standard InChI is InChI=1S/C15H20N2S/c1-15(8-9-18-14(16)17-15)13-7-6-11-4-2-3-5-12(11)10-13/h6-7,10H,2-5,8-9H2,1H3,(H2,16,17). The minimum absolute atomic E-state index is 0.109. The van der Waals surface area contributed by atoms with Gasteiger partial charge in [0.05, 0.1) is 5.54 Å². The summed E-state index contributed by atoms with van der Waals surface area (Å²) in [6, 6.07) is 6.95. The van der Waals surface area contributed by atoms with Crippen LogP contribution in [0.5, 0.6) is 0 Å². The summed E-state index contributed by atoms with van der Waals surface area (Å²) >= 11 is 1.67. The van der Waals surface area contributed by atoms with Gasteiger partial charge in [-0.2, -0.15) is 0 Å². The zero-order valence-corrected chi connectivity index (χ0v) is 11.7. The van der Waals surface area contributed by atoms with E-state index < -0.39 is 0 Å². The molecule has 0 fully saturated rings. The lowest BCUT2D eigenvalue weighted by Crippen LogP contribution is -2.29. The smallest absolute Gasteiger partial charge is 0.154 e. The Morgan fingerprint density at radius 3 is 2.78 bits per heavy atom. The summed E-state index contributed by atoms with van der Waals surface area (Å²) in [5, 5.41) is 0.737. The number of hydrogen-bond donors (Lipinski definition) is 1. The van der Waals surface area contributed by atoms with Gasteiger partial charge in [0, 0.05) is 5.75 Å². The molecule has 2 nitrogen and oxygen atoms in total. The van der Waals surface area contributed by atoms with Crippen LogP contribution in [0.3, 0.4) is 0 Å². The van der Waals surface area contributed by atoms with E-state index in [1.807, 2.05) is 0 Å². The molecule has 2 aliphatic rings. The number of nitrogens with zero attached hydrogens (tertiary/aromatic N) is 1. The van der Waals surface area contributed by atoms with Crippen molar-refractivity contribution in [1.29, 1.82) is 0 Å². The maximum Gasteiger partial charge on any atom is 0.154 e. The van der Waals surface area contributed by atoms with E-state index >= 15 is 0 Å². The number of benzene rings is 1. The zero-order valence-electron chi connectivity index (χ0n) is 10.9. The number of rotatable bonds is 1. The molecule has 0 aromatic heterocycles. The lowest BCUT2D eigenvalue weighted by Gasteiger charge is -2.31. The highest BCUT2D eigenvalue weighted by molar-refractivity contribution is 8.13. The van der Waals surface area contributed by atoms with Crippen molar-refractivity contribution in [2.75, 3.05) is 5.75 Å². The highest BCUT2D eigenvalue weighted by Crippen LogP contribution is 2.36. The molecule has 1 aromatic rings. The van der Waals surface area contributed by atoms with Crippen molar-refractivity contribution in [2.45, 2.75) is 44.6 Å². The van der Waals surface area contributed by atoms with Crippen LogP contribution in [0.4, 0.5) is 0 Å². The van der Waals surface area contributed by atoms with Crippen molar-refractivity contribution < 1.29 is 0 Å². The van der Waals surface area contributed by atoms with Crippen molar-refractivity contribution in [2.24, 2.45) is 10.7 Å². The molecule has 3 rings (SSSR count). The van der Waals surface area contributed by atoms with Gasteiger partial charge < -0.3 is 5.73 Å². The van der Waals surface area contributed by atoms with E-state index in [2.05, 4.69) is 25.1 Å². The average molecular weight is 260 g/mol. The minimum atomic E-state index is -0.109. The molecule has 1 aliphatic carbocycles. The highest BCUT2D eigenvalue weighted by Gasteiger charge is 2.30. The van der Waals surface area contributed by atoms with Crippen LogP contribution in [0.1, 0.15) is 42.9 Å². The molecule has 1 heterocycles. The summed E-state index contributed by atoms with van der Waals surface area (Å²) in [4.78, 5) is 4.69. The Bertz CT molecular complexity index is 495. The molecule has 2 N–H and O–H groups in total. The third-order valence-electron chi connectivity index (χ3n) is 4.17. The maximum atomic E-state index is 5.90. The van der Waals surface area contributed by atoms with E-state index in [1.54, 1.807) is 11.8 Å². The van der Waals surface area contributed by atoms with Crippen LogP contribution in [0.15, 0.2) is 23.2 Å². The molecular weight excluding hydrogens is 240 g/mol. The van der Waals surface area contributed by atoms with Gasteiger partial charge in [-0.05, 0) is 55.7 Å². The van der Waals surface area contributed by atoms with Gasteiger partial charge in [0.2, 0.25) is 0 Å². The fourth-order valence-corrected chi connectivity index (χ4v) is 3.94. The first-order valence-electron chi connectivity index (χ1n) is 6.78. The number of amidine groups is 1. The third-order valence-corrected chi connectivity index (χ3v) is 4.96. The highest BCUT2D eigenvalue weighted by atomic mass is 32.2. The number of thioether (sulfide) groups is 1. The zero-order chi connectivity index (χ0) is 12.6. The Labute approximate surface area is 113 Å². The van der Waals surface area contributed by atoms with Gasteiger partial charge in [0.15, 0.2) is 5.17 Å². The van der Waals surface area contributed by atoms with Gasteiger partial charge in [-0.3, -0.25) is 4.99 Å². The molecule has 0 saturated heterocycles. The van der Waals surface area contributed by atoms with Crippen LogP contribution < -0.4 is 5.73 Å². The SMILES string of the molecule is CC1(c2ccc3c(c2)CCCC3)CCSC(N)=N1. The Morgan fingerprint density at radius 2 is 2.00 bits per heavy atom. The minimum Gasteiger partial charge on any atom is -0.379 e. The van der Waals surface area contributed by atoms with Gasteiger partial charge in [-0.25, -0.2) is 0 Å². The second-order valence-electron chi connectivity index (χ2n) is 5.51. The Hall–Kier alpha value is -0.960. The fourth-order valence-electron chi connectivity index (χ4n) is 2.96. The summed E-state index contributed by atoms with van der Waals surface area (Å²) in [5.41, 5.74) is 10.2. The third kappa shape index (κ3) is 2.16. The molecule has 96 valence electrons. The molecule has 0 saturated carbocycles. The summed E-state index contributed by atoms with van der Waals surface area (Å²) < 4.78 is 0. The summed E-state index contributed by atoms with van der Waals surface area (Å²) in [7, 11) is 0. The number of aryl methyl sites for hydroxylation is 2. The van der Waals surface area contributed by atoms with Crippen LogP contribution in [0, 0.1) is 0 Å². The number of hydrogen-bond acceptors (Lipinski definition) is 3. The van der Waals surface area contributed by atoms with Crippen molar-refractivity contribution in [3.63, 3.8) is 0 Å². The maximum absolute atomic E-state index is 5.90. The van der Waals surface area contributed by atoms with Crippen LogP contribution in [0.2, 0.25) is 0 Å². The largest absolute Gasteiger partial charge is 0.379 e. The predicted molar refractivity (Wildman–Crippen MR) is 79.1 cm³/mol. The van der Waals surface area contributed by atoms with Gasteiger partial charge in [-0.15, -0.1) is 0 Å². The van der Waals surface area contributed by atoms with Gasteiger partial charge in [0.1, 0.15) is 0 Å². The van der Waals surface area contributed by atoms with Crippen LogP contribution in [0.25, 0.3) is 0 Å². The monoisotopic (exact) mass is 260 g/mol. The number of nitrogens with two attached hydrogens (primary N) is 1. The quantitative estimate of drug-likeness (QED) is 0.842. The first kappa shape index (κ1) is 12.1. The van der Waals surface area contributed by atoms with Crippen LogP contribution >= 0.6 is 11.8 Å². The molecular formula is C15H20N2S.